The fraction of sp³-hybridized carbons (Fsp3) is 0.231. The predicted molar refractivity (Wildman–Crippen MR) is 68.4 cm³/mol. The second-order valence-corrected chi connectivity index (χ2v) is 3.97. The standard InChI is InChI=1S/C13H13ClN2O/c1-3-9-4-5-12(17-2)11(6-9)10-7-15-13(14)16-8-10/h4-8H,3H2,1-2H3. The lowest BCUT2D eigenvalue weighted by molar-refractivity contribution is 0.416. The molecular weight excluding hydrogens is 236 g/mol. The smallest absolute Gasteiger partial charge is 0.222 e. The molecule has 0 saturated carbocycles. The molecule has 0 unspecified atom stereocenters. The molecule has 0 radical (unpaired) electrons. The highest BCUT2D eigenvalue weighted by atomic mass is 35.5. The van der Waals surface area contributed by atoms with Gasteiger partial charge >= 0.3 is 0 Å². The Morgan fingerprint density at radius 3 is 2.53 bits per heavy atom. The van der Waals surface area contributed by atoms with Crippen LogP contribution in [0.25, 0.3) is 11.1 Å². The Labute approximate surface area is 105 Å². The second-order valence-electron chi connectivity index (χ2n) is 3.63. The van der Waals surface area contributed by atoms with Gasteiger partial charge in [0.1, 0.15) is 5.75 Å². The van der Waals surface area contributed by atoms with Crippen molar-refractivity contribution in [3.05, 3.63) is 41.4 Å². The summed E-state index contributed by atoms with van der Waals surface area (Å²) in [7, 11) is 1.65. The first-order valence-corrected chi connectivity index (χ1v) is 5.77. The van der Waals surface area contributed by atoms with Crippen molar-refractivity contribution in [2.75, 3.05) is 7.11 Å². The molecule has 0 N–H and O–H groups in total. The van der Waals surface area contributed by atoms with Crippen molar-refractivity contribution in [3.8, 4) is 16.9 Å². The van der Waals surface area contributed by atoms with Gasteiger partial charge < -0.3 is 4.74 Å². The Bertz CT molecular complexity index is 511. The van der Waals surface area contributed by atoms with Crippen molar-refractivity contribution in [3.63, 3.8) is 0 Å². The summed E-state index contributed by atoms with van der Waals surface area (Å²) in [5.41, 5.74) is 3.14. The third-order valence-electron chi connectivity index (χ3n) is 2.60. The summed E-state index contributed by atoms with van der Waals surface area (Å²) in [5, 5.41) is 0.249. The molecule has 2 rings (SSSR count). The van der Waals surface area contributed by atoms with E-state index in [1.54, 1.807) is 19.5 Å². The molecule has 1 heterocycles. The van der Waals surface area contributed by atoms with Crippen molar-refractivity contribution in [2.24, 2.45) is 0 Å². The fourth-order valence-corrected chi connectivity index (χ4v) is 1.75. The van der Waals surface area contributed by atoms with E-state index in [0.29, 0.717) is 0 Å². The highest BCUT2D eigenvalue weighted by molar-refractivity contribution is 6.28. The van der Waals surface area contributed by atoms with Gasteiger partial charge in [-0.15, -0.1) is 0 Å². The highest BCUT2D eigenvalue weighted by Crippen LogP contribution is 2.30. The lowest BCUT2D eigenvalue weighted by Gasteiger charge is -2.09. The average molecular weight is 249 g/mol. The van der Waals surface area contributed by atoms with Crippen LogP contribution in [0, 0.1) is 0 Å². The van der Waals surface area contributed by atoms with Gasteiger partial charge in [-0.25, -0.2) is 9.97 Å². The molecule has 17 heavy (non-hydrogen) atoms. The van der Waals surface area contributed by atoms with Gasteiger partial charge in [0.15, 0.2) is 0 Å². The molecule has 0 atom stereocenters. The maximum absolute atomic E-state index is 5.68. The van der Waals surface area contributed by atoms with E-state index in [1.807, 2.05) is 6.07 Å². The minimum absolute atomic E-state index is 0.249. The maximum atomic E-state index is 5.68. The first kappa shape index (κ1) is 11.9. The van der Waals surface area contributed by atoms with Crippen LogP contribution in [0.2, 0.25) is 5.28 Å². The zero-order valence-electron chi connectivity index (χ0n) is 9.77. The van der Waals surface area contributed by atoms with Crippen molar-refractivity contribution in [2.45, 2.75) is 13.3 Å². The van der Waals surface area contributed by atoms with Crippen molar-refractivity contribution in [1.82, 2.24) is 9.97 Å². The number of hydrogen-bond acceptors (Lipinski definition) is 3. The molecular formula is C13H13ClN2O. The molecule has 1 aromatic heterocycles. The number of aryl methyl sites for hydroxylation is 1. The Balaban J connectivity index is 2.51. The number of nitrogens with zero attached hydrogens (tertiary/aromatic N) is 2. The van der Waals surface area contributed by atoms with Gasteiger partial charge in [0.2, 0.25) is 5.28 Å². The van der Waals surface area contributed by atoms with Gasteiger partial charge in [0.25, 0.3) is 0 Å². The van der Waals surface area contributed by atoms with Crippen LogP contribution in [0.5, 0.6) is 5.75 Å². The summed E-state index contributed by atoms with van der Waals surface area (Å²) in [5.74, 6) is 0.813. The first-order chi connectivity index (χ1) is 8.24. The molecule has 2 aromatic rings. The number of halogens is 1. The van der Waals surface area contributed by atoms with E-state index in [-0.39, 0.29) is 5.28 Å². The van der Waals surface area contributed by atoms with Crippen LogP contribution in [0.15, 0.2) is 30.6 Å². The van der Waals surface area contributed by atoms with Crippen LogP contribution in [0.1, 0.15) is 12.5 Å². The summed E-state index contributed by atoms with van der Waals surface area (Å²) < 4.78 is 5.34. The van der Waals surface area contributed by atoms with Crippen LogP contribution in [-0.4, -0.2) is 17.1 Å². The minimum Gasteiger partial charge on any atom is -0.496 e. The largest absolute Gasteiger partial charge is 0.496 e. The van der Waals surface area contributed by atoms with E-state index in [0.717, 1.165) is 23.3 Å². The van der Waals surface area contributed by atoms with Gasteiger partial charge in [-0.05, 0) is 35.7 Å². The van der Waals surface area contributed by atoms with E-state index in [9.17, 15) is 0 Å². The predicted octanol–water partition coefficient (Wildman–Crippen LogP) is 3.37. The fourth-order valence-electron chi connectivity index (χ4n) is 1.65. The monoisotopic (exact) mass is 248 g/mol. The van der Waals surface area contributed by atoms with Crippen LogP contribution in [0.4, 0.5) is 0 Å². The van der Waals surface area contributed by atoms with Gasteiger partial charge in [0.05, 0.1) is 7.11 Å². The minimum atomic E-state index is 0.249. The molecule has 0 spiro atoms. The molecule has 0 aliphatic carbocycles. The van der Waals surface area contributed by atoms with Crippen molar-refractivity contribution < 1.29 is 4.74 Å². The maximum Gasteiger partial charge on any atom is 0.222 e. The van der Waals surface area contributed by atoms with Crippen LogP contribution in [-0.2, 0) is 6.42 Å². The number of methoxy groups -OCH3 is 1. The topological polar surface area (TPSA) is 35.0 Å². The molecule has 88 valence electrons. The van der Waals surface area contributed by atoms with Crippen LogP contribution in [0.3, 0.4) is 0 Å². The third kappa shape index (κ3) is 2.56. The molecule has 0 aliphatic rings. The second kappa shape index (κ2) is 5.15. The highest BCUT2D eigenvalue weighted by Gasteiger charge is 2.07. The summed E-state index contributed by atoms with van der Waals surface area (Å²) in [6.07, 6.45) is 4.38. The quantitative estimate of drug-likeness (QED) is 0.782. The molecule has 3 nitrogen and oxygen atoms in total. The van der Waals surface area contributed by atoms with Gasteiger partial charge in [0, 0.05) is 23.5 Å². The first-order valence-electron chi connectivity index (χ1n) is 5.39. The van der Waals surface area contributed by atoms with E-state index in [2.05, 4.69) is 29.0 Å². The van der Waals surface area contributed by atoms with Gasteiger partial charge in [-0.2, -0.15) is 0 Å². The SMILES string of the molecule is CCc1ccc(OC)c(-c2cnc(Cl)nc2)c1. The molecule has 0 aliphatic heterocycles. The van der Waals surface area contributed by atoms with E-state index in [1.165, 1.54) is 5.56 Å². The number of rotatable bonds is 3. The summed E-state index contributed by atoms with van der Waals surface area (Å²) in [6.45, 7) is 2.12. The molecule has 0 amide bonds. The Morgan fingerprint density at radius 1 is 1.24 bits per heavy atom. The zero-order valence-corrected chi connectivity index (χ0v) is 10.5. The van der Waals surface area contributed by atoms with Gasteiger partial charge in [-0.3, -0.25) is 0 Å². The lowest BCUT2D eigenvalue weighted by Crippen LogP contribution is -1.92. The number of aromatic nitrogens is 2. The van der Waals surface area contributed by atoms with Crippen LogP contribution < -0.4 is 4.74 Å². The summed E-state index contributed by atoms with van der Waals surface area (Å²) in [6, 6.07) is 6.10. The molecule has 1 aromatic carbocycles. The zero-order chi connectivity index (χ0) is 12.3. The Morgan fingerprint density at radius 2 is 1.94 bits per heavy atom. The Hall–Kier alpha value is -1.61. The molecule has 0 saturated heterocycles. The molecule has 0 fully saturated rings. The number of hydrogen-bond donors (Lipinski definition) is 0. The average Bonchev–Trinajstić information content (AvgIpc) is 2.39. The van der Waals surface area contributed by atoms with Crippen molar-refractivity contribution >= 4 is 11.6 Å². The van der Waals surface area contributed by atoms with Crippen LogP contribution >= 0.6 is 11.6 Å². The third-order valence-corrected chi connectivity index (χ3v) is 2.80. The molecule has 0 bridgehead atoms. The molecule has 4 heteroatoms. The van der Waals surface area contributed by atoms with Crippen molar-refractivity contribution in [1.29, 1.82) is 0 Å². The summed E-state index contributed by atoms with van der Waals surface area (Å²) >= 11 is 5.68. The number of ether oxygens (including phenoxy) is 1. The van der Waals surface area contributed by atoms with Gasteiger partial charge in [-0.1, -0.05) is 13.0 Å². The van der Waals surface area contributed by atoms with E-state index >= 15 is 0 Å². The Kier molecular flexibility index (Phi) is 3.59. The van der Waals surface area contributed by atoms with E-state index < -0.39 is 0 Å². The lowest BCUT2D eigenvalue weighted by atomic mass is 10.0. The number of benzene rings is 1. The summed E-state index contributed by atoms with van der Waals surface area (Å²) in [4.78, 5) is 7.97. The van der Waals surface area contributed by atoms with E-state index in [4.69, 9.17) is 16.3 Å². The normalized spacial score (nSPS) is 10.3.